The van der Waals surface area contributed by atoms with E-state index in [1.165, 1.54) is 7.11 Å². The second-order valence-corrected chi connectivity index (χ2v) is 4.87. The van der Waals surface area contributed by atoms with E-state index in [-0.39, 0.29) is 26.0 Å². The van der Waals surface area contributed by atoms with Crippen LogP contribution in [0.4, 0.5) is 0 Å². The minimum absolute atomic E-state index is 0.133. The van der Waals surface area contributed by atoms with Crippen LogP contribution < -0.4 is 0 Å². The summed E-state index contributed by atoms with van der Waals surface area (Å²) in [5.74, 6) is -0.609. The molecule has 0 rings (SSSR count). The van der Waals surface area contributed by atoms with Crippen LogP contribution in [-0.4, -0.2) is 45.7 Å². The zero-order valence-corrected chi connectivity index (χ0v) is 10.8. The Morgan fingerprint density at radius 1 is 1.12 bits per heavy atom. The van der Waals surface area contributed by atoms with Gasteiger partial charge >= 0.3 is 13.6 Å². The molecule has 0 aromatic carbocycles. The fraction of sp³-hybridized carbons (Fsp3) is 0.889. The molecule has 0 spiro atoms. The lowest BCUT2D eigenvalue weighted by Crippen LogP contribution is -2.15. The number of carbonyl (C=O) groups excluding carboxylic acids is 1. The molecule has 0 aliphatic heterocycles. The number of hydrogen-bond donors (Lipinski definition) is 0. The van der Waals surface area contributed by atoms with E-state index in [0.29, 0.717) is 6.61 Å². The molecule has 0 unspecified atom stereocenters. The number of methoxy groups -OCH3 is 1. The molecule has 0 atom stereocenters. The van der Waals surface area contributed by atoms with E-state index in [1.807, 2.05) is 0 Å². The lowest BCUT2D eigenvalue weighted by atomic mass is 10.7. The van der Waals surface area contributed by atoms with Gasteiger partial charge in [0.2, 0.25) is 0 Å². The molecule has 96 valence electrons. The maximum atomic E-state index is 11.9. The summed E-state index contributed by atoms with van der Waals surface area (Å²) in [7, 11) is -1.84. The molecule has 16 heavy (non-hydrogen) atoms. The van der Waals surface area contributed by atoms with Crippen LogP contribution in [0.2, 0.25) is 0 Å². The van der Waals surface area contributed by atoms with Gasteiger partial charge in [-0.2, -0.15) is 0 Å². The highest BCUT2D eigenvalue weighted by atomic mass is 31.2. The van der Waals surface area contributed by atoms with Crippen molar-refractivity contribution < 1.29 is 27.9 Å². The molecule has 0 radical (unpaired) electrons. The topological polar surface area (TPSA) is 71.1 Å². The molecule has 0 aliphatic rings. The predicted octanol–water partition coefficient (Wildman–Crippen LogP) is 1.44. The Morgan fingerprint density at radius 2 is 1.69 bits per heavy atom. The van der Waals surface area contributed by atoms with Crippen LogP contribution >= 0.6 is 7.60 Å². The maximum Gasteiger partial charge on any atom is 0.341 e. The summed E-state index contributed by atoms with van der Waals surface area (Å²) in [5.41, 5.74) is 0. The molecule has 0 aromatic rings. The molecule has 0 amide bonds. The molecule has 0 heterocycles. The third-order valence-electron chi connectivity index (χ3n) is 1.52. The quantitative estimate of drug-likeness (QED) is 0.352. The normalized spacial score (nSPS) is 11.4. The number of carbonyl (C=O) groups is 1. The van der Waals surface area contributed by atoms with Crippen LogP contribution in [0.3, 0.4) is 0 Å². The van der Waals surface area contributed by atoms with Crippen molar-refractivity contribution in [2.24, 2.45) is 0 Å². The number of ether oxygens (including phenoxy) is 2. The largest absolute Gasteiger partial charge is 0.463 e. The second-order valence-electron chi connectivity index (χ2n) is 2.82. The van der Waals surface area contributed by atoms with Gasteiger partial charge in [-0.1, -0.05) is 0 Å². The Morgan fingerprint density at radius 3 is 2.12 bits per heavy atom. The van der Waals surface area contributed by atoms with Crippen LogP contribution in [0.25, 0.3) is 0 Å². The average molecular weight is 254 g/mol. The van der Waals surface area contributed by atoms with Gasteiger partial charge in [-0.05, 0) is 13.8 Å². The van der Waals surface area contributed by atoms with Crippen LogP contribution in [0.15, 0.2) is 0 Å². The molecule has 0 N–H and O–H groups in total. The van der Waals surface area contributed by atoms with E-state index >= 15 is 0 Å². The fourth-order valence-electron chi connectivity index (χ4n) is 0.965. The van der Waals surface area contributed by atoms with Crippen LogP contribution in [0.1, 0.15) is 13.8 Å². The fourth-order valence-corrected chi connectivity index (χ4v) is 2.42. The molecule has 0 saturated heterocycles. The molecule has 0 aromatic heterocycles. The van der Waals surface area contributed by atoms with Gasteiger partial charge in [0.05, 0.1) is 19.8 Å². The number of hydrogen-bond acceptors (Lipinski definition) is 6. The molecule has 0 bridgehead atoms. The molecular weight excluding hydrogens is 235 g/mol. The highest BCUT2D eigenvalue weighted by Crippen LogP contribution is 2.47. The summed E-state index contributed by atoms with van der Waals surface area (Å²) in [4.78, 5) is 11.3. The first-order chi connectivity index (χ1) is 7.58. The van der Waals surface area contributed by atoms with Gasteiger partial charge in [0.25, 0.3) is 0 Å². The predicted molar refractivity (Wildman–Crippen MR) is 58.6 cm³/mol. The van der Waals surface area contributed by atoms with E-state index in [1.54, 1.807) is 13.8 Å². The Labute approximate surface area is 95.7 Å². The number of esters is 1. The van der Waals surface area contributed by atoms with E-state index < -0.39 is 13.6 Å². The SMILES string of the molecule is CCOP(=O)(CC(=O)OCCOC)OCC. The molecule has 0 aliphatic carbocycles. The van der Waals surface area contributed by atoms with E-state index in [9.17, 15) is 9.36 Å². The third-order valence-corrected chi connectivity index (χ3v) is 3.47. The first kappa shape index (κ1) is 15.6. The van der Waals surface area contributed by atoms with E-state index in [0.717, 1.165) is 0 Å². The Bertz CT molecular complexity index is 232. The first-order valence-corrected chi connectivity index (χ1v) is 6.83. The summed E-state index contributed by atoms with van der Waals surface area (Å²) in [6, 6.07) is 0. The van der Waals surface area contributed by atoms with Gasteiger partial charge in [0, 0.05) is 7.11 Å². The molecular formula is C9H19O6P. The summed E-state index contributed by atoms with van der Waals surface area (Å²) in [6.45, 7) is 4.25. The highest BCUT2D eigenvalue weighted by molar-refractivity contribution is 7.54. The highest BCUT2D eigenvalue weighted by Gasteiger charge is 2.28. The van der Waals surface area contributed by atoms with Crippen LogP contribution in [-0.2, 0) is 27.9 Å². The average Bonchev–Trinajstić information content (AvgIpc) is 2.18. The van der Waals surface area contributed by atoms with Crippen molar-refractivity contribution in [2.75, 3.05) is 39.7 Å². The Kier molecular flexibility index (Phi) is 8.47. The summed E-state index contributed by atoms with van der Waals surface area (Å²) in [5, 5.41) is 0. The van der Waals surface area contributed by atoms with Gasteiger partial charge < -0.3 is 18.5 Å². The van der Waals surface area contributed by atoms with Crippen molar-refractivity contribution in [3.05, 3.63) is 0 Å². The van der Waals surface area contributed by atoms with Crippen molar-refractivity contribution >= 4 is 13.6 Å². The molecule has 0 fully saturated rings. The smallest absolute Gasteiger partial charge is 0.341 e. The number of rotatable bonds is 9. The summed E-state index contributed by atoms with van der Waals surface area (Å²) >= 11 is 0. The summed E-state index contributed by atoms with van der Waals surface area (Å²) in [6.07, 6.45) is -0.363. The van der Waals surface area contributed by atoms with Crippen molar-refractivity contribution in [3.8, 4) is 0 Å². The van der Waals surface area contributed by atoms with Crippen molar-refractivity contribution in [2.45, 2.75) is 13.8 Å². The first-order valence-electron chi connectivity index (χ1n) is 5.10. The molecule has 7 heteroatoms. The maximum absolute atomic E-state index is 11.9. The molecule has 0 saturated carbocycles. The van der Waals surface area contributed by atoms with Gasteiger partial charge in [-0.25, -0.2) is 0 Å². The van der Waals surface area contributed by atoms with Crippen LogP contribution in [0.5, 0.6) is 0 Å². The minimum Gasteiger partial charge on any atom is -0.463 e. The van der Waals surface area contributed by atoms with E-state index in [4.69, 9.17) is 18.5 Å². The van der Waals surface area contributed by atoms with E-state index in [2.05, 4.69) is 0 Å². The minimum atomic E-state index is -3.34. The van der Waals surface area contributed by atoms with Crippen molar-refractivity contribution in [3.63, 3.8) is 0 Å². The molecule has 6 nitrogen and oxygen atoms in total. The second kappa shape index (κ2) is 8.70. The zero-order valence-electron chi connectivity index (χ0n) is 9.93. The lowest BCUT2D eigenvalue weighted by molar-refractivity contribution is -0.142. The monoisotopic (exact) mass is 254 g/mol. The van der Waals surface area contributed by atoms with Crippen LogP contribution in [0, 0.1) is 0 Å². The zero-order chi connectivity index (χ0) is 12.4. The van der Waals surface area contributed by atoms with Crippen molar-refractivity contribution in [1.82, 2.24) is 0 Å². The van der Waals surface area contributed by atoms with Gasteiger partial charge in [0.1, 0.15) is 12.8 Å². The van der Waals surface area contributed by atoms with Gasteiger partial charge in [-0.15, -0.1) is 0 Å². The standard InChI is InChI=1S/C9H19O6P/c1-4-14-16(11,15-5-2)8-9(10)13-7-6-12-3/h4-8H2,1-3H3. The Balaban J connectivity index is 4.07. The van der Waals surface area contributed by atoms with Gasteiger partial charge in [-0.3, -0.25) is 9.36 Å². The van der Waals surface area contributed by atoms with Crippen molar-refractivity contribution in [1.29, 1.82) is 0 Å². The Hall–Kier alpha value is -0.420. The van der Waals surface area contributed by atoms with Gasteiger partial charge in [0.15, 0.2) is 0 Å². The third kappa shape index (κ3) is 6.95. The summed E-state index contributed by atoms with van der Waals surface area (Å²) < 4.78 is 31.3. The lowest BCUT2D eigenvalue weighted by Gasteiger charge is -2.15.